The minimum atomic E-state index is -0.657. The number of rotatable bonds is 6. The molecule has 32 heavy (non-hydrogen) atoms. The predicted molar refractivity (Wildman–Crippen MR) is 119 cm³/mol. The van der Waals surface area contributed by atoms with Crippen molar-refractivity contribution in [1.29, 1.82) is 0 Å². The molecule has 1 saturated carbocycles. The number of likely N-dealkylation sites (tertiary alicyclic amines) is 1. The van der Waals surface area contributed by atoms with Gasteiger partial charge in [-0.2, -0.15) is 0 Å². The second-order valence-corrected chi connectivity index (χ2v) is 8.74. The van der Waals surface area contributed by atoms with Gasteiger partial charge in [0.2, 0.25) is 5.91 Å². The van der Waals surface area contributed by atoms with Crippen LogP contribution in [0.4, 0.5) is 4.39 Å². The van der Waals surface area contributed by atoms with Crippen molar-refractivity contribution in [2.75, 3.05) is 13.1 Å². The highest BCUT2D eigenvalue weighted by atomic mass is 19.1. The van der Waals surface area contributed by atoms with Gasteiger partial charge < -0.3 is 15.5 Å². The first-order valence-electron chi connectivity index (χ1n) is 11.1. The average molecular weight is 438 g/mol. The van der Waals surface area contributed by atoms with E-state index in [-0.39, 0.29) is 29.7 Å². The second kappa shape index (κ2) is 9.51. The number of piperidine rings is 1. The highest BCUT2D eigenvalue weighted by Gasteiger charge is 2.36. The van der Waals surface area contributed by atoms with Crippen molar-refractivity contribution in [1.82, 2.24) is 15.5 Å². The molecule has 1 aliphatic heterocycles. The minimum absolute atomic E-state index is 0.0836. The van der Waals surface area contributed by atoms with E-state index in [0.29, 0.717) is 37.1 Å². The van der Waals surface area contributed by atoms with Crippen LogP contribution in [0.5, 0.6) is 0 Å². The van der Waals surface area contributed by atoms with Crippen molar-refractivity contribution < 1.29 is 18.8 Å². The number of halogens is 1. The summed E-state index contributed by atoms with van der Waals surface area (Å²) in [7, 11) is 0. The third kappa shape index (κ3) is 5.33. The molecule has 0 unspecified atom stereocenters. The number of hydrogen-bond donors (Lipinski definition) is 2. The lowest BCUT2D eigenvalue weighted by Crippen LogP contribution is -2.54. The number of amides is 3. The number of nitrogens with one attached hydrogen (secondary N) is 2. The molecule has 1 saturated heterocycles. The number of aryl methyl sites for hydroxylation is 1. The van der Waals surface area contributed by atoms with E-state index in [2.05, 4.69) is 10.6 Å². The van der Waals surface area contributed by atoms with Gasteiger partial charge in [-0.15, -0.1) is 0 Å². The first kappa shape index (κ1) is 22.0. The van der Waals surface area contributed by atoms with E-state index in [9.17, 15) is 18.8 Å². The molecule has 1 aliphatic carbocycles. The summed E-state index contributed by atoms with van der Waals surface area (Å²) < 4.78 is 13.5. The molecular weight excluding hydrogens is 409 g/mol. The second-order valence-electron chi connectivity index (χ2n) is 8.74. The van der Waals surface area contributed by atoms with E-state index >= 15 is 0 Å². The monoisotopic (exact) mass is 437 g/mol. The van der Waals surface area contributed by atoms with Gasteiger partial charge in [0.05, 0.1) is 0 Å². The van der Waals surface area contributed by atoms with Crippen molar-refractivity contribution in [3.05, 3.63) is 71.0 Å². The van der Waals surface area contributed by atoms with Gasteiger partial charge in [-0.05, 0) is 68.9 Å². The van der Waals surface area contributed by atoms with Gasteiger partial charge in [0.1, 0.15) is 11.9 Å². The first-order chi connectivity index (χ1) is 15.4. The molecule has 2 aromatic carbocycles. The molecule has 0 spiro atoms. The summed E-state index contributed by atoms with van der Waals surface area (Å²) in [6, 6.07) is 12.4. The molecular formula is C25H28FN3O3. The number of nitrogens with zero attached hydrogens (tertiary/aromatic N) is 1. The Balaban J connectivity index is 1.42. The third-order valence-electron chi connectivity index (χ3n) is 6.18. The Morgan fingerprint density at radius 3 is 2.28 bits per heavy atom. The Kier molecular flexibility index (Phi) is 6.53. The van der Waals surface area contributed by atoms with E-state index in [1.54, 1.807) is 23.1 Å². The van der Waals surface area contributed by atoms with Gasteiger partial charge in [0.15, 0.2) is 0 Å². The highest BCUT2D eigenvalue weighted by Crippen LogP contribution is 2.25. The fraction of sp³-hybridized carbons (Fsp3) is 0.400. The maximum atomic E-state index is 13.5. The van der Waals surface area contributed by atoms with E-state index in [0.717, 1.165) is 18.4 Å². The number of benzene rings is 2. The van der Waals surface area contributed by atoms with Gasteiger partial charge in [-0.3, -0.25) is 14.4 Å². The van der Waals surface area contributed by atoms with E-state index in [4.69, 9.17) is 0 Å². The molecule has 0 aromatic heterocycles. The molecule has 6 nitrogen and oxygen atoms in total. The lowest BCUT2D eigenvalue weighted by Gasteiger charge is -2.36. The number of carbonyl (C=O) groups is 3. The van der Waals surface area contributed by atoms with E-state index in [1.165, 1.54) is 18.2 Å². The molecule has 168 valence electrons. The maximum Gasteiger partial charge on any atom is 0.253 e. The van der Waals surface area contributed by atoms with Gasteiger partial charge >= 0.3 is 0 Å². The Morgan fingerprint density at radius 2 is 1.66 bits per heavy atom. The van der Waals surface area contributed by atoms with Gasteiger partial charge in [-0.25, -0.2) is 4.39 Å². The summed E-state index contributed by atoms with van der Waals surface area (Å²) in [6.07, 6.45) is 3.09. The Bertz CT molecular complexity index is 996. The van der Waals surface area contributed by atoms with E-state index < -0.39 is 11.9 Å². The summed E-state index contributed by atoms with van der Waals surface area (Å²) in [4.78, 5) is 40.2. The Morgan fingerprint density at radius 1 is 0.969 bits per heavy atom. The molecule has 3 amide bonds. The maximum absolute atomic E-state index is 13.5. The molecule has 1 atom stereocenters. The van der Waals surface area contributed by atoms with Crippen LogP contribution in [-0.2, 0) is 4.79 Å². The highest BCUT2D eigenvalue weighted by molar-refractivity contribution is 5.98. The van der Waals surface area contributed by atoms with Crippen molar-refractivity contribution in [2.45, 2.75) is 44.7 Å². The van der Waals surface area contributed by atoms with Gasteiger partial charge in [-0.1, -0.05) is 23.8 Å². The number of carbonyl (C=O) groups excluding carboxylic acids is 3. The van der Waals surface area contributed by atoms with Crippen LogP contribution in [0.3, 0.4) is 0 Å². The zero-order chi connectivity index (χ0) is 22.7. The van der Waals surface area contributed by atoms with Crippen LogP contribution in [0.2, 0.25) is 0 Å². The van der Waals surface area contributed by atoms with Crippen molar-refractivity contribution >= 4 is 17.7 Å². The summed E-state index contributed by atoms with van der Waals surface area (Å²) in [5.41, 5.74) is 1.89. The topological polar surface area (TPSA) is 78.5 Å². The fourth-order valence-corrected chi connectivity index (χ4v) is 4.09. The lowest BCUT2D eigenvalue weighted by molar-refractivity contribution is -0.124. The first-order valence-corrected chi connectivity index (χ1v) is 11.1. The Hall–Kier alpha value is -3.22. The largest absolute Gasteiger partial charge is 0.352 e. The molecule has 0 bridgehead atoms. The quantitative estimate of drug-likeness (QED) is 0.729. The van der Waals surface area contributed by atoms with E-state index in [1.807, 2.05) is 19.1 Å². The zero-order valence-electron chi connectivity index (χ0n) is 18.1. The molecule has 4 rings (SSSR count). The van der Waals surface area contributed by atoms with Gasteiger partial charge in [0.25, 0.3) is 11.8 Å². The molecule has 7 heteroatoms. The van der Waals surface area contributed by atoms with Crippen LogP contribution >= 0.6 is 0 Å². The van der Waals surface area contributed by atoms with Crippen LogP contribution in [0.1, 0.15) is 52.0 Å². The van der Waals surface area contributed by atoms with Crippen molar-refractivity contribution in [3.63, 3.8) is 0 Å². The minimum Gasteiger partial charge on any atom is -0.352 e. The zero-order valence-corrected chi connectivity index (χ0v) is 18.1. The molecule has 2 N–H and O–H groups in total. The average Bonchev–Trinajstić information content (AvgIpc) is 3.61. The molecule has 1 heterocycles. The smallest absolute Gasteiger partial charge is 0.253 e. The Labute approximate surface area is 187 Å². The molecule has 0 radical (unpaired) electrons. The van der Waals surface area contributed by atoms with Crippen LogP contribution in [0.15, 0.2) is 48.5 Å². The third-order valence-corrected chi connectivity index (χ3v) is 6.18. The summed E-state index contributed by atoms with van der Waals surface area (Å²) in [5, 5.41) is 5.94. The standard InChI is InChI=1S/C25H28FN3O3/c1-16-5-7-18(8-6-16)23(30)28-22(24(31)27-21-9-10-21)17-11-13-29(14-12-17)25(32)19-3-2-4-20(26)15-19/h2-8,15,17,21-22H,9-14H2,1H3,(H,27,31)(H,28,30)/t22-/m1/s1. The summed E-state index contributed by atoms with van der Waals surface area (Å²) in [6.45, 7) is 2.85. The molecule has 2 aromatic rings. The molecule has 2 aliphatic rings. The van der Waals surface area contributed by atoms with Crippen LogP contribution in [0, 0.1) is 18.7 Å². The van der Waals surface area contributed by atoms with Gasteiger partial charge in [0, 0.05) is 30.3 Å². The normalized spacial score (nSPS) is 17.5. The predicted octanol–water partition coefficient (Wildman–Crippen LogP) is 3.06. The SMILES string of the molecule is Cc1ccc(C(=O)N[C@@H](C(=O)NC2CC2)C2CCN(C(=O)c3cccc(F)c3)CC2)cc1. The van der Waals surface area contributed by atoms with Crippen molar-refractivity contribution in [2.24, 2.45) is 5.92 Å². The van der Waals surface area contributed by atoms with Crippen LogP contribution in [0.25, 0.3) is 0 Å². The fourth-order valence-electron chi connectivity index (χ4n) is 4.09. The van der Waals surface area contributed by atoms with Crippen molar-refractivity contribution in [3.8, 4) is 0 Å². The van der Waals surface area contributed by atoms with Crippen LogP contribution in [-0.4, -0.2) is 47.8 Å². The number of hydrogen-bond acceptors (Lipinski definition) is 3. The lowest BCUT2D eigenvalue weighted by atomic mass is 9.88. The summed E-state index contributed by atoms with van der Waals surface area (Å²) >= 11 is 0. The summed E-state index contributed by atoms with van der Waals surface area (Å²) in [5.74, 6) is -1.19. The van der Waals surface area contributed by atoms with Crippen LogP contribution < -0.4 is 10.6 Å². The molecule has 2 fully saturated rings.